The highest BCUT2D eigenvalue weighted by Crippen LogP contribution is 2.53. The summed E-state index contributed by atoms with van der Waals surface area (Å²) < 4.78 is 13.7. The van der Waals surface area contributed by atoms with Crippen LogP contribution >= 0.6 is 0 Å². The Hall–Kier alpha value is -7.56. The van der Waals surface area contributed by atoms with Crippen LogP contribution in [0.4, 0.5) is 34.1 Å². The van der Waals surface area contributed by atoms with Gasteiger partial charge in [0.15, 0.2) is 11.2 Å². The molecule has 0 saturated heterocycles. The number of benzene rings is 10. The molecule has 1 aliphatic carbocycles. The van der Waals surface area contributed by atoms with E-state index in [2.05, 4.69) is 186 Å². The molecule has 10 aromatic carbocycles. The number of para-hydroxylation sites is 6. The van der Waals surface area contributed by atoms with E-state index >= 15 is 0 Å². The van der Waals surface area contributed by atoms with Gasteiger partial charge >= 0.3 is 0 Å². The van der Waals surface area contributed by atoms with E-state index in [1.54, 1.807) is 0 Å². The van der Waals surface area contributed by atoms with E-state index in [1.165, 1.54) is 70.0 Å². The van der Waals surface area contributed by atoms with E-state index in [4.69, 9.17) is 8.83 Å². The number of anilines is 6. The summed E-state index contributed by atoms with van der Waals surface area (Å²) in [5.74, 6) is 0.604. The number of nitrogens with zero attached hydrogens (tertiary/aromatic N) is 2. The molecular formula is C58H42N2O2. The quantitative estimate of drug-likeness (QED) is 0.150. The molecule has 0 atom stereocenters. The van der Waals surface area contributed by atoms with Crippen LogP contribution in [0.5, 0.6) is 0 Å². The van der Waals surface area contributed by atoms with Crippen molar-refractivity contribution in [3.8, 4) is 0 Å². The average molecular weight is 799 g/mol. The van der Waals surface area contributed by atoms with Gasteiger partial charge in [-0.3, -0.25) is 0 Å². The first-order chi connectivity index (χ1) is 30.8. The van der Waals surface area contributed by atoms with Gasteiger partial charge in [0.1, 0.15) is 11.2 Å². The predicted molar refractivity (Wildman–Crippen MR) is 260 cm³/mol. The first-order valence-corrected chi connectivity index (χ1v) is 22.0. The summed E-state index contributed by atoms with van der Waals surface area (Å²) in [6.45, 7) is 0. The predicted octanol–water partition coefficient (Wildman–Crippen LogP) is 17.4. The molecule has 2 aromatic heterocycles. The normalized spacial score (nSPS) is 13.7. The molecule has 12 aromatic rings. The van der Waals surface area contributed by atoms with Gasteiger partial charge in [-0.15, -0.1) is 0 Å². The van der Waals surface area contributed by atoms with Crippen LogP contribution in [0.3, 0.4) is 0 Å². The molecule has 4 heteroatoms. The third kappa shape index (κ3) is 5.39. The van der Waals surface area contributed by atoms with Gasteiger partial charge in [-0.2, -0.15) is 0 Å². The van der Waals surface area contributed by atoms with E-state index in [9.17, 15) is 0 Å². The van der Waals surface area contributed by atoms with Crippen LogP contribution in [0.15, 0.2) is 197 Å². The molecule has 1 aliphatic rings. The van der Waals surface area contributed by atoms with E-state index in [0.29, 0.717) is 5.92 Å². The second kappa shape index (κ2) is 14.0. The fourth-order valence-corrected chi connectivity index (χ4v) is 10.7. The van der Waals surface area contributed by atoms with Gasteiger partial charge in [-0.1, -0.05) is 153 Å². The molecular weight excluding hydrogens is 757 g/mol. The van der Waals surface area contributed by atoms with Gasteiger partial charge in [0.25, 0.3) is 0 Å². The number of furan rings is 2. The lowest BCUT2D eigenvalue weighted by atomic mass is 9.82. The van der Waals surface area contributed by atoms with Crippen molar-refractivity contribution in [2.75, 3.05) is 9.80 Å². The second-order valence-electron chi connectivity index (χ2n) is 17.0. The van der Waals surface area contributed by atoms with Crippen LogP contribution in [-0.2, 0) is 0 Å². The SMILES string of the molecule is c1ccc(N(c2cc(N(c3ccccc3)c3cccc4c3oc3ccccc34)c3ccc4cc(C5CCCCC5)cc5ccc2c3c54)c2cccc3c2oc2ccccc23)cc1. The van der Waals surface area contributed by atoms with E-state index in [0.717, 1.165) is 78.0 Å². The molecule has 4 nitrogen and oxygen atoms in total. The summed E-state index contributed by atoms with van der Waals surface area (Å²) in [5, 5.41) is 11.9. The van der Waals surface area contributed by atoms with Crippen LogP contribution < -0.4 is 9.80 Å². The van der Waals surface area contributed by atoms with Gasteiger partial charge in [0.05, 0.1) is 22.7 Å². The van der Waals surface area contributed by atoms with Gasteiger partial charge in [-0.05, 0) is 95.1 Å². The fraction of sp³-hybridized carbons (Fsp3) is 0.103. The molecule has 62 heavy (non-hydrogen) atoms. The molecule has 1 saturated carbocycles. The highest BCUT2D eigenvalue weighted by molar-refractivity contribution is 6.29. The first kappa shape index (κ1) is 35.2. The molecule has 0 unspecified atom stereocenters. The lowest BCUT2D eigenvalue weighted by Gasteiger charge is -2.32. The molecule has 0 amide bonds. The van der Waals surface area contributed by atoms with Crippen molar-refractivity contribution in [2.45, 2.75) is 38.0 Å². The zero-order chi connectivity index (χ0) is 40.7. The van der Waals surface area contributed by atoms with E-state index in [1.807, 2.05) is 12.1 Å². The largest absolute Gasteiger partial charge is 0.454 e. The van der Waals surface area contributed by atoms with Crippen molar-refractivity contribution >= 4 is 110 Å². The minimum atomic E-state index is 0.604. The van der Waals surface area contributed by atoms with E-state index in [-0.39, 0.29) is 0 Å². The molecule has 0 aliphatic heterocycles. The Bertz CT molecular complexity index is 3410. The lowest BCUT2D eigenvalue weighted by Crippen LogP contribution is -2.15. The van der Waals surface area contributed by atoms with Crippen molar-refractivity contribution in [3.05, 3.63) is 194 Å². The minimum absolute atomic E-state index is 0.604. The van der Waals surface area contributed by atoms with E-state index < -0.39 is 0 Å². The number of hydrogen-bond donors (Lipinski definition) is 0. The summed E-state index contributed by atoms with van der Waals surface area (Å²) in [7, 11) is 0. The number of hydrogen-bond acceptors (Lipinski definition) is 4. The molecule has 0 spiro atoms. The first-order valence-electron chi connectivity index (χ1n) is 22.0. The molecule has 0 N–H and O–H groups in total. The Labute approximate surface area is 359 Å². The Morgan fingerprint density at radius 2 is 0.823 bits per heavy atom. The van der Waals surface area contributed by atoms with Gasteiger partial charge < -0.3 is 18.6 Å². The van der Waals surface area contributed by atoms with Gasteiger partial charge in [0, 0.05) is 49.1 Å². The summed E-state index contributed by atoms with van der Waals surface area (Å²) in [6.07, 6.45) is 6.49. The summed E-state index contributed by atoms with van der Waals surface area (Å²) in [4.78, 5) is 4.83. The van der Waals surface area contributed by atoms with Crippen molar-refractivity contribution in [1.29, 1.82) is 0 Å². The zero-order valence-electron chi connectivity index (χ0n) is 34.2. The maximum absolute atomic E-state index is 6.83. The van der Waals surface area contributed by atoms with Crippen LogP contribution in [-0.4, -0.2) is 0 Å². The van der Waals surface area contributed by atoms with Crippen LogP contribution in [0.25, 0.3) is 76.2 Å². The summed E-state index contributed by atoms with van der Waals surface area (Å²) in [5.41, 5.74) is 11.1. The van der Waals surface area contributed by atoms with Crippen molar-refractivity contribution in [1.82, 2.24) is 0 Å². The Kier molecular flexibility index (Phi) is 7.96. The highest BCUT2D eigenvalue weighted by Gasteiger charge is 2.28. The van der Waals surface area contributed by atoms with Crippen LogP contribution in [0.2, 0.25) is 0 Å². The molecule has 296 valence electrons. The maximum atomic E-state index is 6.83. The van der Waals surface area contributed by atoms with Crippen LogP contribution in [0.1, 0.15) is 43.6 Å². The second-order valence-corrected chi connectivity index (χ2v) is 17.0. The van der Waals surface area contributed by atoms with Gasteiger partial charge in [-0.25, -0.2) is 0 Å². The standard InChI is InChI=1S/C58H42N2O2/c1-4-16-37(17-5-1)40-34-38-30-32-47-51(59(41-18-6-2-7-19-41)49-26-14-24-45-43-22-10-12-28-53(43)61-57(45)49)36-52(48-33-31-39(35-40)55(38)56(47)48)60(42-20-8-3-9-21-42)50-27-15-25-46-44-23-11-13-29-54(44)62-58(46)50/h2-3,6-15,18-37H,1,4-5,16-17H2. The molecule has 0 radical (unpaired) electrons. The van der Waals surface area contributed by atoms with Gasteiger partial charge in [0.2, 0.25) is 0 Å². The highest BCUT2D eigenvalue weighted by atomic mass is 16.3. The lowest BCUT2D eigenvalue weighted by molar-refractivity contribution is 0.444. The monoisotopic (exact) mass is 798 g/mol. The number of rotatable bonds is 7. The van der Waals surface area contributed by atoms with Crippen molar-refractivity contribution in [2.24, 2.45) is 0 Å². The maximum Gasteiger partial charge on any atom is 0.159 e. The average Bonchev–Trinajstić information content (AvgIpc) is 3.92. The fourth-order valence-electron chi connectivity index (χ4n) is 10.7. The number of fused-ring (bicyclic) bond motifs is 6. The van der Waals surface area contributed by atoms with Crippen molar-refractivity contribution in [3.63, 3.8) is 0 Å². The molecule has 0 bridgehead atoms. The summed E-state index contributed by atoms with van der Waals surface area (Å²) >= 11 is 0. The molecule has 13 rings (SSSR count). The summed E-state index contributed by atoms with van der Waals surface area (Å²) in [6, 6.07) is 68.2. The Morgan fingerprint density at radius 1 is 0.355 bits per heavy atom. The smallest absolute Gasteiger partial charge is 0.159 e. The third-order valence-corrected chi connectivity index (χ3v) is 13.5. The molecule has 2 heterocycles. The van der Waals surface area contributed by atoms with Crippen molar-refractivity contribution < 1.29 is 8.83 Å². The zero-order valence-corrected chi connectivity index (χ0v) is 34.2. The Balaban J connectivity index is 1.17. The van der Waals surface area contributed by atoms with Crippen LogP contribution in [0, 0.1) is 0 Å². The topological polar surface area (TPSA) is 32.8 Å². The third-order valence-electron chi connectivity index (χ3n) is 13.5. The minimum Gasteiger partial charge on any atom is -0.454 e. The Morgan fingerprint density at radius 3 is 1.34 bits per heavy atom. The molecule has 1 fully saturated rings.